The minimum atomic E-state index is -0.417. The first-order chi connectivity index (χ1) is 13.9. The summed E-state index contributed by atoms with van der Waals surface area (Å²) in [5.74, 6) is 0. The Balaban J connectivity index is 3.29. The zero-order chi connectivity index (χ0) is 21.7. The fourth-order valence-electron chi connectivity index (χ4n) is 3.61. The molecule has 29 heavy (non-hydrogen) atoms. The van der Waals surface area contributed by atoms with Gasteiger partial charge < -0.3 is 18.9 Å². The Morgan fingerprint density at radius 1 is 0.690 bits per heavy atom. The van der Waals surface area contributed by atoms with Gasteiger partial charge in [-0.2, -0.15) is 0 Å². The summed E-state index contributed by atoms with van der Waals surface area (Å²) in [6.45, 7) is 17.2. The molecule has 1 aromatic rings. The smallest absolute Gasteiger partial charge is 0.184 e. The van der Waals surface area contributed by atoms with E-state index in [1.165, 1.54) is 37.7 Å². The lowest BCUT2D eigenvalue weighted by Gasteiger charge is -2.30. The molecule has 0 aliphatic rings. The highest BCUT2D eigenvalue weighted by molar-refractivity contribution is 5.37. The first kappa shape index (κ1) is 26.1. The van der Waals surface area contributed by atoms with Crippen LogP contribution in [0.2, 0.25) is 0 Å². The van der Waals surface area contributed by atoms with Gasteiger partial charge in [-0.1, -0.05) is 58.6 Å². The summed E-state index contributed by atoms with van der Waals surface area (Å²) in [4.78, 5) is 0. The first-order valence-corrected chi connectivity index (χ1v) is 11.6. The van der Waals surface area contributed by atoms with Crippen LogP contribution in [0.15, 0.2) is 18.2 Å². The van der Waals surface area contributed by atoms with Crippen LogP contribution in [0.5, 0.6) is 0 Å². The van der Waals surface area contributed by atoms with Gasteiger partial charge in [0, 0.05) is 37.6 Å². The van der Waals surface area contributed by atoms with E-state index in [2.05, 4.69) is 39.0 Å². The molecule has 4 nitrogen and oxygen atoms in total. The van der Waals surface area contributed by atoms with Crippen LogP contribution < -0.4 is 0 Å². The van der Waals surface area contributed by atoms with Gasteiger partial charge in [-0.3, -0.25) is 0 Å². The van der Waals surface area contributed by atoms with Crippen LogP contribution in [0.25, 0.3) is 0 Å². The van der Waals surface area contributed by atoms with E-state index < -0.39 is 12.6 Å². The molecule has 0 fully saturated rings. The van der Waals surface area contributed by atoms with Crippen LogP contribution in [0.3, 0.4) is 0 Å². The lowest BCUT2D eigenvalue weighted by Crippen LogP contribution is -2.21. The van der Waals surface area contributed by atoms with Gasteiger partial charge in [0.2, 0.25) is 0 Å². The zero-order valence-corrected chi connectivity index (χ0v) is 19.9. The molecule has 0 aliphatic heterocycles. The highest BCUT2D eigenvalue weighted by Crippen LogP contribution is 2.36. The monoisotopic (exact) mass is 408 g/mol. The van der Waals surface area contributed by atoms with Crippen molar-refractivity contribution in [1.29, 1.82) is 0 Å². The Labute approximate surface area is 179 Å². The maximum Gasteiger partial charge on any atom is 0.184 e. The third kappa shape index (κ3) is 8.37. The predicted octanol–water partition coefficient (Wildman–Crippen LogP) is 7.08. The average molecular weight is 409 g/mol. The maximum absolute atomic E-state index is 5.96. The Hall–Kier alpha value is -0.940. The Morgan fingerprint density at radius 2 is 1.21 bits per heavy atom. The van der Waals surface area contributed by atoms with Gasteiger partial charge in [-0.15, -0.1) is 0 Å². The highest BCUT2D eigenvalue weighted by Gasteiger charge is 2.27. The lowest BCUT2D eigenvalue weighted by molar-refractivity contribution is -0.156. The van der Waals surface area contributed by atoms with Gasteiger partial charge in [-0.25, -0.2) is 0 Å². The minimum absolute atomic E-state index is 0.0940. The molecule has 0 atom stereocenters. The number of rotatable bonds is 16. The summed E-state index contributed by atoms with van der Waals surface area (Å²) in [6.07, 6.45) is 5.45. The predicted molar refractivity (Wildman–Crippen MR) is 120 cm³/mol. The normalized spacial score (nSPS) is 12.3. The van der Waals surface area contributed by atoms with Crippen molar-refractivity contribution in [2.75, 3.05) is 26.4 Å². The molecular formula is C25H44O4. The molecular weight excluding hydrogens is 364 g/mol. The lowest BCUT2D eigenvalue weighted by atomic mass is 9.78. The molecule has 0 N–H and O–H groups in total. The van der Waals surface area contributed by atoms with E-state index >= 15 is 0 Å². The van der Waals surface area contributed by atoms with Crippen molar-refractivity contribution in [3.8, 4) is 0 Å². The third-order valence-electron chi connectivity index (χ3n) is 5.30. The van der Waals surface area contributed by atoms with Crippen molar-refractivity contribution >= 4 is 0 Å². The van der Waals surface area contributed by atoms with E-state index in [1.54, 1.807) is 0 Å². The highest BCUT2D eigenvalue weighted by atomic mass is 16.7. The van der Waals surface area contributed by atoms with Crippen LogP contribution in [0, 0.1) is 0 Å². The van der Waals surface area contributed by atoms with Gasteiger partial charge in [0.05, 0.1) is 0 Å². The van der Waals surface area contributed by atoms with E-state index in [0.29, 0.717) is 26.4 Å². The molecule has 0 radical (unpaired) electrons. The van der Waals surface area contributed by atoms with Gasteiger partial charge in [-0.05, 0) is 51.2 Å². The molecule has 0 saturated carbocycles. The zero-order valence-electron chi connectivity index (χ0n) is 19.9. The standard InChI is InChI=1S/C25H44O4/c1-8-13-14-15-18-25(6,7)20-16-17-21(23(26-9-2)27-10-3)22(19-20)24(28-11-4)29-12-5/h16-17,19,23-24H,8-15,18H2,1-7H3. The van der Waals surface area contributed by atoms with Crippen LogP contribution >= 0.6 is 0 Å². The van der Waals surface area contributed by atoms with E-state index in [4.69, 9.17) is 18.9 Å². The average Bonchev–Trinajstić information content (AvgIpc) is 2.70. The van der Waals surface area contributed by atoms with Crippen LogP contribution in [0.1, 0.15) is 110 Å². The van der Waals surface area contributed by atoms with Crippen molar-refractivity contribution in [1.82, 2.24) is 0 Å². The summed E-state index contributed by atoms with van der Waals surface area (Å²) in [5, 5.41) is 0. The minimum Gasteiger partial charge on any atom is -0.349 e. The Morgan fingerprint density at radius 3 is 1.69 bits per heavy atom. The van der Waals surface area contributed by atoms with Gasteiger partial charge >= 0.3 is 0 Å². The summed E-state index contributed by atoms with van der Waals surface area (Å²) < 4.78 is 23.7. The molecule has 0 saturated heterocycles. The summed E-state index contributed by atoms with van der Waals surface area (Å²) >= 11 is 0. The molecule has 168 valence electrons. The second-order valence-electron chi connectivity index (χ2n) is 8.02. The maximum atomic E-state index is 5.96. The SMILES string of the molecule is CCCCCCC(C)(C)c1ccc(C(OCC)OCC)c(C(OCC)OCC)c1. The van der Waals surface area contributed by atoms with Gasteiger partial charge in [0.1, 0.15) is 0 Å². The van der Waals surface area contributed by atoms with E-state index in [9.17, 15) is 0 Å². The number of unbranched alkanes of at least 4 members (excludes halogenated alkanes) is 3. The molecule has 0 aromatic heterocycles. The Kier molecular flexibility index (Phi) is 12.7. The molecule has 1 aromatic carbocycles. The van der Waals surface area contributed by atoms with Crippen molar-refractivity contribution in [2.45, 2.75) is 98.6 Å². The number of hydrogen-bond acceptors (Lipinski definition) is 4. The van der Waals surface area contributed by atoms with Crippen molar-refractivity contribution in [2.24, 2.45) is 0 Å². The van der Waals surface area contributed by atoms with Crippen LogP contribution in [-0.2, 0) is 24.4 Å². The number of ether oxygens (including phenoxy) is 4. The third-order valence-corrected chi connectivity index (χ3v) is 5.30. The van der Waals surface area contributed by atoms with Crippen LogP contribution in [0.4, 0.5) is 0 Å². The largest absolute Gasteiger partial charge is 0.349 e. The van der Waals surface area contributed by atoms with Crippen molar-refractivity contribution in [3.05, 3.63) is 34.9 Å². The number of hydrogen-bond donors (Lipinski definition) is 0. The fourth-order valence-corrected chi connectivity index (χ4v) is 3.61. The van der Waals surface area contributed by atoms with Crippen molar-refractivity contribution in [3.63, 3.8) is 0 Å². The second-order valence-corrected chi connectivity index (χ2v) is 8.02. The van der Waals surface area contributed by atoms with E-state index in [1.807, 2.05) is 27.7 Å². The van der Waals surface area contributed by atoms with Crippen LogP contribution in [-0.4, -0.2) is 26.4 Å². The fraction of sp³-hybridized carbons (Fsp3) is 0.760. The Bertz CT molecular complexity index is 544. The molecule has 4 heteroatoms. The van der Waals surface area contributed by atoms with Gasteiger partial charge in [0.25, 0.3) is 0 Å². The molecule has 1 rings (SSSR count). The van der Waals surface area contributed by atoms with Gasteiger partial charge in [0.15, 0.2) is 12.6 Å². The molecule has 0 aliphatic carbocycles. The summed E-state index contributed by atoms with van der Waals surface area (Å²) in [7, 11) is 0. The topological polar surface area (TPSA) is 36.9 Å². The second kappa shape index (κ2) is 14.1. The van der Waals surface area contributed by atoms with E-state index in [-0.39, 0.29) is 5.41 Å². The number of benzene rings is 1. The molecule has 0 spiro atoms. The molecule has 0 heterocycles. The molecule has 0 bridgehead atoms. The van der Waals surface area contributed by atoms with Crippen molar-refractivity contribution < 1.29 is 18.9 Å². The quantitative estimate of drug-likeness (QED) is 0.216. The molecule has 0 unspecified atom stereocenters. The summed E-state index contributed by atoms with van der Waals surface area (Å²) in [5.41, 5.74) is 3.41. The molecule has 0 amide bonds. The first-order valence-electron chi connectivity index (χ1n) is 11.6. The van der Waals surface area contributed by atoms with E-state index in [0.717, 1.165) is 11.1 Å². The summed E-state index contributed by atoms with van der Waals surface area (Å²) in [6, 6.07) is 6.61.